The summed E-state index contributed by atoms with van der Waals surface area (Å²) in [6.45, 7) is 3.71. The van der Waals surface area contributed by atoms with Crippen molar-refractivity contribution in [3.8, 4) is 0 Å². The zero-order chi connectivity index (χ0) is 13.2. The fourth-order valence-corrected chi connectivity index (χ4v) is 2.58. The first-order chi connectivity index (χ1) is 9.22. The van der Waals surface area contributed by atoms with Gasteiger partial charge in [-0.05, 0) is 32.6 Å². The lowest BCUT2D eigenvalue weighted by molar-refractivity contribution is -0.133. The van der Waals surface area contributed by atoms with Crippen molar-refractivity contribution in [3.05, 3.63) is 18.1 Å². The molecule has 1 N–H and O–H groups in total. The molecular weight excluding hydrogens is 240 g/mol. The lowest BCUT2D eigenvalue weighted by Gasteiger charge is -2.32. The lowest BCUT2D eigenvalue weighted by Crippen LogP contribution is -2.43. The fourth-order valence-electron chi connectivity index (χ4n) is 2.58. The number of aromatic nitrogens is 2. The van der Waals surface area contributed by atoms with E-state index in [4.69, 9.17) is 0 Å². The van der Waals surface area contributed by atoms with Crippen molar-refractivity contribution in [2.45, 2.75) is 38.6 Å². The van der Waals surface area contributed by atoms with E-state index in [9.17, 15) is 4.79 Å². The van der Waals surface area contributed by atoms with Gasteiger partial charge >= 0.3 is 0 Å². The summed E-state index contributed by atoms with van der Waals surface area (Å²) >= 11 is 0. The second-order valence-corrected chi connectivity index (χ2v) is 5.56. The van der Waals surface area contributed by atoms with E-state index in [2.05, 4.69) is 15.3 Å². The zero-order valence-electron chi connectivity index (χ0n) is 11.3. The number of hydrogen-bond donors (Lipinski definition) is 1. The van der Waals surface area contributed by atoms with E-state index in [-0.39, 0.29) is 0 Å². The Labute approximate surface area is 113 Å². The van der Waals surface area contributed by atoms with Gasteiger partial charge in [0.2, 0.25) is 5.91 Å². The summed E-state index contributed by atoms with van der Waals surface area (Å²) in [4.78, 5) is 22.3. The van der Waals surface area contributed by atoms with Crippen LogP contribution in [0, 0.1) is 12.8 Å². The molecule has 5 nitrogen and oxygen atoms in total. The van der Waals surface area contributed by atoms with Crippen LogP contribution in [0.5, 0.6) is 0 Å². The number of aryl methyl sites for hydroxylation is 1. The quantitative estimate of drug-likeness (QED) is 0.896. The molecule has 0 spiro atoms. The molecule has 0 radical (unpaired) electrons. The van der Waals surface area contributed by atoms with E-state index in [1.54, 1.807) is 6.33 Å². The smallest absolute Gasteiger partial charge is 0.225 e. The summed E-state index contributed by atoms with van der Waals surface area (Å²) in [5, 5.41) is 3.44. The van der Waals surface area contributed by atoms with Gasteiger partial charge in [-0.15, -0.1) is 0 Å². The van der Waals surface area contributed by atoms with Crippen LogP contribution in [-0.4, -0.2) is 39.9 Å². The molecule has 1 aromatic rings. The molecule has 5 heteroatoms. The van der Waals surface area contributed by atoms with Gasteiger partial charge in [0.15, 0.2) is 0 Å². The van der Waals surface area contributed by atoms with Crippen LogP contribution < -0.4 is 5.32 Å². The van der Waals surface area contributed by atoms with Gasteiger partial charge in [0.25, 0.3) is 0 Å². The largest absolute Gasteiger partial charge is 0.367 e. The molecule has 19 heavy (non-hydrogen) atoms. The maximum Gasteiger partial charge on any atom is 0.225 e. The molecule has 102 valence electrons. The zero-order valence-corrected chi connectivity index (χ0v) is 11.3. The lowest BCUT2D eigenvalue weighted by atomic mass is 10.0. The van der Waals surface area contributed by atoms with Crippen molar-refractivity contribution in [2.24, 2.45) is 5.92 Å². The molecule has 1 aromatic heterocycles. The Hall–Kier alpha value is -1.65. The number of nitrogens with zero attached hydrogens (tertiary/aromatic N) is 3. The number of carbonyl (C=O) groups is 1. The second-order valence-electron chi connectivity index (χ2n) is 5.56. The van der Waals surface area contributed by atoms with E-state index in [1.165, 1.54) is 0 Å². The number of rotatable bonds is 3. The molecular formula is C14H20N4O. The summed E-state index contributed by atoms with van der Waals surface area (Å²) in [7, 11) is 0. The Morgan fingerprint density at radius 3 is 2.63 bits per heavy atom. The van der Waals surface area contributed by atoms with Crippen molar-refractivity contribution in [1.82, 2.24) is 14.9 Å². The Balaban J connectivity index is 1.51. The third kappa shape index (κ3) is 3.03. The molecule has 1 saturated carbocycles. The number of likely N-dealkylation sites (tertiary alicyclic amines) is 1. The summed E-state index contributed by atoms with van der Waals surface area (Å²) in [5.41, 5.74) is 0.971. The van der Waals surface area contributed by atoms with Crippen LogP contribution >= 0.6 is 0 Å². The molecule has 2 fully saturated rings. The molecule has 0 atom stereocenters. The van der Waals surface area contributed by atoms with Gasteiger partial charge in [0.05, 0.1) is 0 Å². The van der Waals surface area contributed by atoms with Crippen LogP contribution in [0.1, 0.15) is 31.4 Å². The molecule has 2 heterocycles. The summed E-state index contributed by atoms with van der Waals surface area (Å²) in [5.74, 6) is 1.60. The van der Waals surface area contributed by atoms with Gasteiger partial charge in [-0.3, -0.25) is 4.79 Å². The number of anilines is 1. The van der Waals surface area contributed by atoms with Crippen LogP contribution in [0.4, 0.5) is 5.82 Å². The molecule has 0 bridgehead atoms. The van der Waals surface area contributed by atoms with Crippen molar-refractivity contribution < 1.29 is 4.79 Å². The molecule has 2 aliphatic rings. The second kappa shape index (κ2) is 5.15. The first-order valence-corrected chi connectivity index (χ1v) is 7.06. The molecule has 3 rings (SSSR count). The maximum atomic E-state index is 12.0. The minimum Gasteiger partial charge on any atom is -0.367 e. The highest BCUT2D eigenvalue weighted by molar-refractivity contribution is 5.81. The minimum absolute atomic E-state index is 0.342. The maximum absolute atomic E-state index is 12.0. The van der Waals surface area contributed by atoms with Crippen molar-refractivity contribution in [2.75, 3.05) is 18.4 Å². The van der Waals surface area contributed by atoms with E-state index >= 15 is 0 Å². The summed E-state index contributed by atoms with van der Waals surface area (Å²) in [6, 6.07) is 2.37. The molecule has 0 unspecified atom stereocenters. The fraction of sp³-hybridized carbons (Fsp3) is 0.643. The average molecular weight is 260 g/mol. The highest BCUT2D eigenvalue weighted by Gasteiger charge is 2.34. The van der Waals surface area contributed by atoms with Gasteiger partial charge in [-0.2, -0.15) is 0 Å². The van der Waals surface area contributed by atoms with Gasteiger partial charge in [0.1, 0.15) is 12.1 Å². The number of hydrogen-bond acceptors (Lipinski definition) is 4. The predicted molar refractivity (Wildman–Crippen MR) is 72.7 cm³/mol. The van der Waals surface area contributed by atoms with E-state index in [0.717, 1.165) is 50.3 Å². The molecule has 1 aliphatic heterocycles. The van der Waals surface area contributed by atoms with Crippen LogP contribution in [0.3, 0.4) is 0 Å². The Kier molecular flexibility index (Phi) is 3.36. The molecule has 1 aliphatic carbocycles. The standard InChI is InChI=1S/C14H20N4O/c1-10-8-13(16-9-15-10)17-12-4-6-18(7-5-12)14(19)11-2-3-11/h8-9,11-12H,2-7H2,1H3,(H,15,16,17). The predicted octanol–water partition coefficient (Wildman–Crippen LogP) is 1.60. The number of carbonyl (C=O) groups excluding carboxylic acids is 1. The van der Waals surface area contributed by atoms with E-state index in [0.29, 0.717) is 17.9 Å². The monoisotopic (exact) mass is 260 g/mol. The third-order valence-corrected chi connectivity index (χ3v) is 3.89. The van der Waals surface area contributed by atoms with Gasteiger partial charge in [0, 0.05) is 36.8 Å². The van der Waals surface area contributed by atoms with Crippen LogP contribution in [0.2, 0.25) is 0 Å². The highest BCUT2D eigenvalue weighted by Crippen LogP contribution is 2.32. The number of nitrogens with one attached hydrogen (secondary N) is 1. The van der Waals surface area contributed by atoms with Gasteiger partial charge in [-0.25, -0.2) is 9.97 Å². The molecule has 1 saturated heterocycles. The van der Waals surface area contributed by atoms with E-state index < -0.39 is 0 Å². The van der Waals surface area contributed by atoms with Crippen LogP contribution in [0.15, 0.2) is 12.4 Å². The third-order valence-electron chi connectivity index (χ3n) is 3.89. The first-order valence-electron chi connectivity index (χ1n) is 7.06. The normalized spacial score (nSPS) is 20.4. The van der Waals surface area contributed by atoms with Crippen molar-refractivity contribution in [3.63, 3.8) is 0 Å². The SMILES string of the molecule is Cc1cc(NC2CCN(C(=O)C3CC3)CC2)ncn1. The average Bonchev–Trinajstić information content (AvgIpc) is 3.23. The highest BCUT2D eigenvalue weighted by atomic mass is 16.2. The molecule has 0 aromatic carbocycles. The summed E-state index contributed by atoms with van der Waals surface area (Å²) < 4.78 is 0. The summed E-state index contributed by atoms with van der Waals surface area (Å²) in [6.07, 6.45) is 5.78. The minimum atomic E-state index is 0.342. The van der Waals surface area contributed by atoms with Gasteiger partial charge < -0.3 is 10.2 Å². The topological polar surface area (TPSA) is 58.1 Å². The Morgan fingerprint density at radius 2 is 2.00 bits per heavy atom. The Morgan fingerprint density at radius 1 is 1.26 bits per heavy atom. The van der Waals surface area contributed by atoms with Crippen molar-refractivity contribution >= 4 is 11.7 Å². The molecule has 1 amide bonds. The van der Waals surface area contributed by atoms with Crippen LogP contribution in [-0.2, 0) is 4.79 Å². The van der Waals surface area contributed by atoms with E-state index in [1.807, 2.05) is 17.9 Å². The number of amides is 1. The number of piperidine rings is 1. The first kappa shape index (κ1) is 12.4. The Bertz CT molecular complexity index is 464. The van der Waals surface area contributed by atoms with Gasteiger partial charge in [-0.1, -0.05) is 0 Å². The van der Waals surface area contributed by atoms with Crippen LogP contribution in [0.25, 0.3) is 0 Å². The van der Waals surface area contributed by atoms with Crippen molar-refractivity contribution in [1.29, 1.82) is 0 Å².